The second kappa shape index (κ2) is 16.5. The standard InChI is InChI=1S/C26H43N3O17/c1-8(31)28-16-20(37)22(12(5-30)42-24(16)39)46-26-17(29-9(2)32)21(38)23(14(44-26)7-41-11(4)34)45-25-15(27)19(36)18(35)13(43-25)6-40-10(3)33/h12-26,30,35-39H,5-7,27H2,1-4H3,(H,28,31)(H,29,32)/t12?,13?,14?,15?,16?,17?,18-,19-,20-,21-,22-,23-,24-,25+,26+/m1/s1. The normalized spacial score (nSPS) is 41.2. The van der Waals surface area contributed by atoms with Crippen molar-refractivity contribution in [1.82, 2.24) is 10.6 Å². The van der Waals surface area contributed by atoms with Crippen LogP contribution in [-0.2, 0) is 52.3 Å². The van der Waals surface area contributed by atoms with Crippen LogP contribution in [0.3, 0.4) is 0 Å². The van der Waals surface area contributed by atoms with Crippen LogP contribution >= 0.6 is 0 Å². The van der Waals surface area contributed by atoms with Gasteiger partial charge in [-0.1, -0.05) is 0 Å². The highest BCUT2D eigenvalue weighted by molar-refractivity contribution is 5.73. The summed E-state index contributed by atoms with van der Waals surface area (Å²) in [4.78, 5) is 46.9. The molecule has 0 aliphatic carbocycles. The van der Waals surface area contributed by atoms with Crippen LogP contribution in [0.5, 0.6) is 0 Å². The Kier molecular flexibility index (Phi) is 13.6. The summed E-state index contributed by atoms with van der Waals surface area (Å²) in [7, 11) is 0. The minimum absolute atomic E-state index is 0.489. The minimum Gasteiger partial charge on any atom is -0.463 e. The zero-order chi connectivity index (χ0) is 34.5. The predicted octanol–water partition coefficient (Wildman–Crippen LogP) is -6.18. The molecular formula is C26H43N3O17. The molecule has 3 aliphatic heterocycles. The first kappa shape index (κ1) is 37.9. The van der Waals surface area contributed by atoms with Gasteiger partial charge in [-0.15, -0.1) is 0 Å². The highest BCUT2D eigenvalue weighted by atomic mass is 16.7. The number of hydrogen-bond donors (Lipinski definition) is 9. The molecular weight excluding hydrogens is 626 g/mol. The molecule has 0 aromatic carbocycles. The Labute approximate surface area is 262 Å². The first-order valence-electron chi connectivity index (χ1n) is 14.4. The number of amides is 2. The van der Waals surface area contributed by atoms with E-state index in [1.54, 1.807) is 0 Å². The van der Waals surface area contributed by atoms with Crippen molar-refractivity contribution < 1.29 is 83.0 Å². The number of esters is 2. The third-order valence-electron chi connectivity index (χ3n) is 7.52. The summed E-state index contributed by atoms with van der Waals surface area (Å²) >= 11 is 0. The maximum Gasteiger partial charge on any atom is 0.302 e. The van der Waals surface area contributed by atoms with E-state index in [0.29, 0.717) is 0 Å². The van der Waals surface area contributed by atoms with Crippen molar-refractivity contribution in [1.29, 1.82) is 0 Å². The van der Waals surface area contributed by atoms with Crippen molar-refractivity contribution >= 4 is 23.8 Å². The van der Waals surface area contributed by atoms with Gasteiger partial charge in [-0.05, 0) is 0 Å². The monoisotopic (exact) mass is 669 g/mol. The lowest BCUT2D eigenvalue weighted by Gasteiger charge is -2.49. The number of carbonyl (C=O) groups is 4. The largest absolute Gasteiger partial charge is 0.463 e. The lowest BCUT2D eigenvalue weighted by Crippen LogP contribution is -2.70. The van der Waals surface area contributed by atoms with Crippen molar-refractivity contribution in [2.75, 3.05) is 19.8 Å². The van der Waals surface area contributed by atoms with Crippen molar-refractivity contribution in [3.05, 3.63) is 0 Å². The molecule has 3 rings (SSSR count). The minimum atomic E-state index is -1.78. The number of rotatable bonds is 11. The van der Waals surface area contributed by atoms with Crippen LogP contribution in [0.15, 0.2) is 0 Å². The Morgan fingerprint density at radius 2 is 1.13 bits per heavy atom. The van der Waals surface area contributed by atoms with Gasteiger partial charge in [-0.25, -0.2) is 0 Å². The molecule has 0 bridgehead atoms. The molecule has 20 nitrogen and oxygen atoms in total. The van der Waals surface area contributed by atoms with Gasteiger partial charge >= 0.3 is 11.9 Å². The molecule has 6 unspecified atom stereocenters. The SMILES string of the molecule is CC(=O)NC1[C@H](O[C@@H]2C(CO)O[C@@H](O)C(NC(C)=O)[C@H]2O)OC(COC(C)=O)[C@@H](O[C@@H]2OC(COC(C)=O)[C@@H](O)[C@H](O)C2N)[C@@H]1O. The summed E-state index contributed by atoms with van der Waals surface area (Å²) in [6.45, 7) is 2.60. The lowest BCUT2D eigenvalue weighted by atomic mass is 9.93. The molecule has 46 heavy (non-hydrogen) atoms. The Bertz CT molecular complexity index is 1070. The molecule has 3 aliphatic rings. The van der Waals surface area contributed by atoms with Crippen molar-refractivity contribution in [2.24, 2.45) is 5.73 Å². The van der Waals surface area contributed by atoms with Crippen LogP contribution in [0.1, 0.15) is 27.7 Å². The number of nitrogens with two attached hydrogens (primary N) is 1. The highest BCUT2D eigenvalue weighted by Gasteiger charge is 2.54. The van der Waals surface area contributed by atoms with Crippen LogP contribution in [0.2, 0.25) is 0 Å². The van der Waals surface area contributed by atoms with E-state index >= 15 is 0 Å². The number of aliphatic hydroxyl groups is 6. The second-order valence-electron chi connectivity index (χ2n) is 11.1. The van der Waals surface area contributed by atoms with Gasteiger partial charge in [0.15, 0.2) is 18.9 Å². The maximum atomic E-state index is 12.2. The molecule has 2 amide bonds. The number of ether oxygens (including phenoxy) is 7. The predicted molar refractivity (Wildman–Crippen MR) is 146 cm³/mol. The average Bonchev–Trinajstić information content (AvgIpc) is 2.97. The summed E-state index contributed by atoms with van der Waals surface area (Å²) in [5.41, 5.74) is 6.05. The molecule has 0 aromatic rings. The number of carbonyl (C=O) groups excluding carboxylic acids is 4. The Morgan fingerprint density at radius 1 is 0.652 bits per heavy atom. The van der Waals surface area contributed by atoms with E-state index < -0.39 is 136 Å². The zero-order valence-electron chi connectivity index (χ0n) is 25.5. The van der Waals surface area contributed by atoms with Gasteiger partial charge < -0.3 is 80.2 Å². The topological polar surface area (TPSA) is 304 Å². The van der Waals surface area contributed by atoms with E-state index in [4.69, 9.17) is 38.9 Å². The van der Waals surface area contributed by atoms with Gasteiger partial charge in [-0.2, -0.15) is 0 Å². The van der Waals surface area contributed by atoms with Crippen molar-refractivity contribution in [3.63, 3.8) is 0 Å². The second-order valence-corrected chi connectivity index (χ2v) is 11.1. The maximum absolute atomic E-state index is 12.2. The van der Waals surface area contributed by atoms with Gasteiger partial charge in [-0.3, -0.25) is 19.2 Å². The van der Waals surface area contributed by atoms with Gasteiger partial charge in [0.25, 0.3) is 0 Å². The van der Waals surface area contributed by atoms with Crippen LogP contribution < -0.4 is 16.4 Å². The average molecular weight is 670 g/mol. The van der Waals surface area contributed by atoms with Crippen LogP contribution in [-0.4, -0.2) is 166 Å². The van der Waals surface area contributed by atoms with Crippen LogP contribution in [0, 0.1) is 0 Å². The molecule has 10 N–H and O–H groups in total. The molecule has 20 heteroatoms. The van der Waals surface area contributed by atoms with E-state index in [1.807, 2.05) is 0 Å². The third kappa shape index (κ3) is 9.27. The number of aliphatic hydroxyl groups excluding tert-OH is 6. The summed E-state index contributed by atoms with van der Waals surface area (Å²) in [5, 5.41) is 68.4. The Morgan fingerprint density at radius 3 is 1.67 bits per heavy atom. The molecule has 0 aromatic heterocycles. The fourth-order valence-corrected chi connectivity index (χ4v) is 5.29. The molecule has 0 spiro atoms. The smallest absolute Gasteiger partial charge is 0.302 e. The summed E-state index contributed by atoms with van der Waals surface area (Å²) in [5.74, 6) is -2.78. The fraction of sp³-hybridized carbons (Fsp3) is 0.846. The van der Waals surface area contributed by atoms with E-state index in [9.17, 15) is 49.8 Å². The van der Waals surface area contributed by atoms with Crippen molar-refractivity contribution in [2.45, 2.75) is 120 Å². The third-order valence-corrected chi connectivity index (χ3v) is 7.52. The van der Waals surface area contributed by atoms with Gasteiger partial charge in [0, 0.05) is 27.7 Å². The zero-order valence-corrected chi connectivity index (χ0v) is 25.5. The summed E-state index contributed by atoms with van der Waals surface area (Å²) < 4.78 is 38.8. The van der Waals surface area contributed by atoms with Crippen LogP contribution in [0.25, 0.3) is 0 Å². The molecule has 0 saturated carbocycles. The fourth-order valence-electron chi connectivity index (χ4n) is 5.29. The quantitative estimate of drug-likeness (QED) is 0.0924. The molecule has 3 heterocycles. The van der Waals surface area contributed by atoms with E-state index in [2.05, 4.69) is 10.6 Å². The summed E-state index contributed by atoms with van der Waals surface area (Å²) in [6.07, 6.45) is -18.9. The molecule has 3 fully saturated rings. The number of hydrogen-bond acceptors (Lipinski definition) is 18. The first-order valence-corrected chi connectivity index (χ1v) is 14.4. The number of nitrogens with one attached hydrogen (secondary N) is 2. The molecule has 264 valence electrons. The Balaban J connectivity index is 1.92. The van der Waals surface area contributed by atoms with Gasteiger partial charge in [0.1, 0.15) is 80.2 Å². The van der Waals surface area contributed by atoms with E-state index in [-0.39, 0.29) is 0 Å². The first-order chi connectivity index (χ1) is 21.5. The van der Waals surface area contributed by atoms with E-state index in [1.165, 1.54) is 0 Å². The van der Waals surface area contributed by atoms with Crippen molar-refractivity contribution in [3.8, 4) is 0 Å². The molecule has 15 atom stereocenters. The Hall–Kier alpha value is -2.60. The van der Waals surface area contributed by atoms with Crippen LogP contribution in [0.4, 0.5) is 0 Å². The van der Waals surface area contributed by atoms with Gasteiger partial charge in [0.2, 0.25) is 11.8 Å². The molecule has 3 saturated heterocycles. The highest BCUT2D eigenvalue weighted by Crippen LogP contribution is 2.32. The van der Waals surface area contributed by atoms with Gasteiger partial charge in [0.05, 0.1) is 12.6 Å². The summed E-state index contributed by atoms with van der Waals surface area (Å²) in [6, 6.07) is -4.34. The lowest BCUT2D eigenvalue weighted by molar-refractivity contribution is -0.350. The van der Waals surface area contributed by atoms with E-state index in [0.717, 1.165) is 27.7 Å². The molecule has 0 radical (unpaired) electrons.